The largest absolute Gasteiger partial charge is 0.449 e. The minimum atomic E-state index is -0.435. The Morgan fingerprint density at radius 1 is 1.41 bits per heavy atom. The van der Waals surface area contributed by atoms with Gasteiger partial charge in [0.2, 0.25) is 5.91 Å². The highest BCUT2D eigenvalue weighted by molar-refractivity contribution is 5.83. The highest BCUT2D eigenvalue weighted by Gasteiger charge is 2.30. The van der Waals surface area contributed by atoms with Gasteiger partial charge in [-0.3, -0.25) is 9.69 Å². The van der Waals surface area contributed by atoms with Crippen molar-refractivity contribution >= 4 is 12.0 Å². The summed E-state index contributed by atoms with van der Waals surface area (Å²) < 4.78 is 18.4. The maximum Gasteiger partial charge on any atom is 0.410 e. The van der Waals surface area contributed by atoms with Crippen molar-refractivity contribution in [3.63, 3.8) is 0 Å². The zero-order valence-corrected chi connectivity index (χ0v) is 12.5. The molecule has 0 bridgehead atoms. The van der Waals surface area contributed by atoms with Crippen molar-refractivity contribution < 1.29 is 18.7 Å². The molecular weight excluding hydrogens is 287 g/mol. The van der Waals surface area contributed by atoms with E-state index in [0.717, 1.165) is 17.5 Å². The molecule has 118 valence electrons. The zero-order valence-electron chi connectivity index (χ0n) is 12.5. The van der Waals surface area contributed by atoms with Gasteiger partial charge in [-0.1, -0.05) is 6.07 Å². The molecule has 0 aromatic heterocycles. The molecule has 0 radical (unpaired) electrons. The molecule has 0 spiro atoms. The van der Waals surface area contributed by atoms with Crippen LogP contribution in [-0.2, 0) is 16.0 Å². The highest BCUT2D eigenvalue weighted by atomic mass is 19.1. The predicted octanol–water partition coefficient (Wildman–Crippen LogP) is 2.11. The molecule has 2 heterocycles. The molecule has 5 nitrogen and oxygen atoms in total. The van der Waals surface area contributed by atoms with E-state index in [-0.39, 0.29) is 24.3 Å². The van der Waals surface area contributed by atoms with E-state index in [1.54, 1.807) is 11.0 Å². The maximum atomic E-state index is 13.4. The SMILES string of the molecule is CC1c2cc(F)ccc2CCN1C(=O)CN1CCCOC1=O. The second-order valence-corrected chi connectivity index (χ2v) is 5.75. The van der Waals surface area contributed by atoms with E-state index in [1.165, 1.54) is 17.0 Å². The Hall–Kier alpha value is -2.11. The number of nitrogens with zero attached hydrogens (tertiary/aromatic N) is 2. The number of rotatable bonds is 2. The van der Waals surface area contributed by atoms with Crippen molar-refractivity contribution in [3.8, 4) is 0 Å². The van der Waals surface area contributed by atoms with Crippen LogP contribution in [0.5, 0.6) is 0 Å². The van der Waals surface area contributed by atoms with Crippen molar-refractivity contribution in [1.29, 1.82) is 0 Å². The van der Waals surface area contributed by atoms with Crippen molar-refractivity contribution in [1.82, 2.24) is 9.80 Å². The van der Waals surface area contributed by atoms with Crippen LogP contribution in [0.15, 0.2) is 18.2 Å². The maximum absolute atomic E-state index is 13.4. The fourth-order valence-corrected chi connectivity index (χ4v) is 3.12. The van der Waals surface area contributed by atoms with E-state index >= 15 is 0 Å². The molecule has 2 aliphatic rings. The molecule has 0 aliphatic carbocycles. The molecule has 0 N–H and O–H groups in total. The van der Waals surface area contributed by atoms with Gasteiger partial charge in [-0.25, -0.2) is 9.18 Å². The normalized spacial score (nSPS) is 21.4. The van der Waals surface area contributed by atoms with Crippen LogP contribution >= 0.6 is 0 Å². The van der Waals surface area contributed by atoms with E-state index in [1.807, 2.05) is 6.92 Å². The first kappa shape index (κ1) is 14.8. The van der Waals surface area contributed by atoms with Crippen LogP contribution in [0.1, 0.15) is 30.5 Å². The second-order valence-electron chi connectivity index (χ2n) is 5.75. The van der Waals surface area contributed by atoms with Crippen LogP contribution in [-0.4, -0.2) is 48.0 Å². The third kappa shape index (κ3) is 2.77. The van der Waals surface area contributed by atoms with Gasteiger partial charge in [-0.05, 0) is 43.0 Å². The van der Waals surface area contributed by atoms with E-state index in [4.69, 9.17) is 4.74 Å². The minimum absolute atomic E-state index is 0.0216. The Labute approximate surface area is 128 Å². The van der Waals surface area contributed by atoms with Crippen LogP contribution in [0.2, 0.25) is 0 Å². The van der Waals surface area contributed by atoms with Gasteiger partial charge in [-0.15, -0.1) is 0 Å². The topological polar surface area (TPSA) is 49.9 Å². The third-order valence-corrected chi connectivity index (χ3v) is 4.35. The summed E-state index contributed by atoms with van der Waals surface area (Å²) in [5, 5.41) is 0. The fourth-order valence-electron chi connectivity index (χ4n) is 3.12. The molecule has 2 amide bonds. The summed E-state index contributed by atoms with van der Waals surface area (Å²) >= 11 is 0. The number of halogens is 1. The van der Waals surface area contributed by atoms with Crippen LogP contribution < -0.4 is 0 Å². The van der Waals surface area contributed by atoms with E-state index in [9.17, 15) is 14.0 Å². The Morgan fingerprint density at radius 2 is 2.23 bits per heavy atom. The molecule has 1 aromatic rings. The first-order chi connectivity index (χ1) is 10.6. The summed E-state index contributed by atoms with van der Waals surface area (Å²) in [7, 11) is 0. The predicted molar refractivity (Wildman–Crippen MR) is 77.8 cm³/mol. The molecule has 0 saturated carbocycles. The average Bonchev–Trinajstić information content (AvgIpc) is 2.50. The summed E-state index contributed by atoms with van der Waals surface area (Å²) in [6, 6.07) is 4.54. The van der Waals surface area contributed by atoms with Crippen molar-refractivity contribution in [2.24, 2.45) is 0 Å². The lowest BCUT2D eigenvalue weighted by Gasteiger charge is -2.37. The second kappa shape index (κ2) is 5.94. The number of fused-ring (bicyclic) bond motifs is 1. The minimum Gasteiger partial charge on any atom is -0.449 e. The van der Waals surface area contributed by atoms with Gasteiger partial charge >= 0.3 is 6.09 Å². The van der Waals surface area contributed by atoms with Gasteiger partial charge in [-0.2, -0.15) is 0 Å². The van der Waals surface area contributed by atoms with Gasteiger partial charge < -0.3 is 9.64 Å². The average molecular weight is 306 g/mol. The Bertz CT molecular complexity index is 605. The molecule has 3 rings (SSSR count). The lowest BCUT2D eigenvalue weighted by atomic mass is 9.93. The van der Waals surface area contributed by atoms with Crippen LogP contribution in [0.4, 0.5) is 9.18 Å². The van der Waals surface area contributed by atoms with Gasteiger partial charge in [0.1, 0.15) is 12.4 Å². The lowest BCUT2D eigenvalue weighted by molar-refractivity contribution is -0.135. The van der Waals surface area contributed by atoms with Gasteiger partial charge in [0.05, 0.1) is 12.6 Å². The molecule has 22 heavy (non-hydrogen) atoms. The number of amides is 2. The van der Waals surface area contributed by atoms with E-state index < -0.39 is 6.09 Å². The highest BCUT2D eigenvalue weighted by Crippen LogP contribution is 2.30. The van der Waals surface area contributed by atoms with Crippen LogP contribution in [0.3, 0.4) is 0 Å². The number of ether oxygens (including phenoxy) is 1. The molecule has 1 aromatic carbocycles. The molecule has 6 heteroatoms. The summed E-state index contributed by atoms with van der Waals surface area (Å²) in [5.41, 5.74) is 1.93. The van der Waals surface area contributed by atoms with Crippen LogP contribution in [0.25, 0.3) is 0 Å². The Kier molecular flexibility index (Phi) is 4.00. The smallest absolute Gasteiger partial charge is 0.410 e. The first-order valence-electron chi connectivity index (χ1n) is 7.56. The molecule has 1 fully saturated rings. The molecular formula is C16H19FN2O3. The lowest BCUT2D eigenvalue weighted by Crippen LogP contribution is -2.48. The van der Waals surface area contributed by atoms with Gasteiger partial charge in [0.15, 0.2) is 0 Å². The number of hydrogen-bond donors (Lipinski definition) is 0. The Balaban J connectivity index is 1.72. The van der Waals surface area contributed by atoms with Gasteiger partial charge in [0.25, 0.3) is 0 Å². The molecule has 1 unspecified atom stereocenters. The first-order valence-corrected chi connectivity index (χ1v) is 7.56. The number of carbonyl (C=O) groups is 2. The number of hydrogen-bond acceptors (Lipinski definition) is 3. The quantitative estimate of drug-likeness (QED) is 0.841. The number of benzene rings is 1. The zero-order chi connectivity index (χ0) is 15.7. The van der Waals surface area contributed by atoms with Crippen LogP contribution in [0, 0.1) is 5.82 Å². The standard InChI is InChI=1S/C16H19FN2O3/c1-11-14-9-13(17)4-3-12(14)5-7-19(11)15(20)10-18-6-2-8-22-16(18)21/h3-4,9,11H,2,5-8,10H2,1H3. The molecule has 2 aliphatic heterocycles. The summed E-state index contributed by atoms with van der Waals surface area (Å²) in [5.74, 6) is -0.416. The monoisotopic (exact) mass is 306 g/mol. The van der Waals surface area contributed by atoms with E-state index in [2.05, 4.69) is 0 Å². The summed E-state index contributed by atoms with van der Waals surface area (Å²) in [6.45, 7) is 3.45. The molecule has 1 atom stereocenters. The molecule has 1 saturated heterocycles. The van der Waals surface area contributed by atoms with Gasteiger partial charge in [0, 0.05) is 13.1 Å². The Morgan fingerprint density at radius 3 is 3.00 bits per heavy atom. The van der Waals surface area contributed by atoms with E-state index in [0.29, 0.717) is 26.1 Å². The summed E-state index contributed by atoms with van der Waals surface area (Å²) in [4.78, 5) is 27.3. The number of carbonyl (C=O) groups excluding carboxylic acids is 2. The van der Waals surface area contributed by atoms with Crippen molar-refractivity contribution in [2.45, 2.75) is 25.8 Å². The fraction of sp³-hybridized carbons (Fsp3) is 0.500. The van der Waals surface area contributed by atoms with Crippen molar-refractivity contribution in [3.05, 3.63) is 35.1 Å². The summed E-state index contributed by atoms with van der Waals surface area (Å²) in [6.07, 6.45) is 1.01. The van der Waals surface area contributed by atoms with Crippen molar-refractivity contribution in [2.75, 3.05) is 26.2 Å². The third-order valence-electron chi connectivity index (χ3n) is 4.35. The number of cyclic esters (lactones) is 1.